The molecule has 26 heavy (non-hydrogen) atoms. The molecule has 140 valence electrons. The summed E-state index contributed by atoms with van der Waals surface area (Å²) in [6, 6.07) is 0.600. The van der Waals surface area contributed by atoms with E-state index in [1.807, 2.05) is 10.9 Å². The van der Waals surface area contributed by atoms with Crippen LogP contribution in [0.4, 0.5) is 0 Å². The van der Waals surface area contributed by atoms with Crippen molar-refractivity contribution in [3.8, 4) is 11.6 Å². The van der Waals surface area contributed by atoms with Gasteiger partial charge in [-0.15, -0.1) is 5.10 Å². The number of aromatic nitrogens is 5. The molecule has 6 rings (SSSR count). The number of fused-ring (bicyclic) bond motifs is 3. The third-order valence-corrected chi connectivity index (χ3v) is 6.31. The van der Waals surface area contributed by atoms with Gasteiger partial charge in [-0.1, -0.05) is 16.8 Å². The Morgan fingerprint density at radius 1 is 1.19 bits per heavy atom. The smallest absolute Gasteiger partial charge is 0.280 e. The number of nitrogens with one attached hydrogen (secondary N) is 1. The number of piperidine rings is 4. The number of hydrogen-bond acceptors (Lipinski definition) is 7. The first-order chi connectivity index (χ1) is 12.8. The Morgan fingerprint density at radius 3 is 2.88 bits per heavy atom. The van der Waals surface area contributed by atoms with Gasteiger partial charge in [0, 0.05) is 25.0 Å². The molecule has 1 N–H and O–H groups in total. The second-order valence-corrected chi connectivity index (χ2v) is 8.00. The van der Waals surface area contributed by atoms with Crippen LogP contribution in [0.25, 0.3) is 11.6 Å². The standard InChI is InChI=1S/C18H27N7O/c1-2-7-19-14(3-1)6-10-25-12-16(21-23-25)18-20-17(22-26-18)15-11-24-8-4-13(15)5-9-24/h12-15,19H,1-11H2. The van der Waals surface area contributed by atoms with Crippen LogP contribution in [0.15, 0.2) is 10.7 Å². The van der Waals surface area contributed by atoms with Crippen molar-refractivity contribution in [3.05, 3.63) is 12.0 Å². The largest absolute Gasteiger partial charge is 0.332 e. The number of aryl methyl sites for hydroxylation is 1. The van der Waals surface area contributed by atoms with E-state index in [9.17, 15) is 0 Å². The highest BCUT2D eigenvalue weighted by molar-refractivity contribution is 5.43. The van der Waals surface area contributed by atoms with Gasteiger partial charge in [-0.3, -0.25) is 4.68 Å². The second-order valence-electron chi connectivity index (χ2n) is 8.00. The van der Waals surface area contributed by atoms with Crippen LogP contribution in [0, 0.1) is 5.92 Å². The fraction of sp³-hybridized carbons (Fsp3) is 0.778. The van der Waals surface area contributed by atoms with Gasteiger partial charge < -0.3 is 14.7 Å². The molecule has 4 fully saturated rings. The summed E-state index contributed by atoms with van der Waals surface area (Å²) in [6.07, 6.45) is 9.38. The van der Waals surface area contributed by atoms with E-state index in [0.717, 1.165) is 31.9 Å². The van der Waals surface area contributed by atoms with E-state index < -0.39 is 0 Å². The van der Waals surface area contributed by atoms with E-state index >= 15 is 0 Å². The Labute approximate surface area is 153 Å². The van der Waals surface area contributed by atoms with Gasteiger partial charge in [0.1, 0.15) is 0 Å². The zero-order chi connectivity index (χ0) is 17.3. The van der Waals surface area contributed by atoms with Crippen LogP contribution in [0.2, 0.25) is 0 Å². The molecule has 0 amide bonds. The summed E-state index contributed by atoms with van der Waals surface area (Å²) in [5.74, 6) is 2.44. The van der Waals surface area contributed by atoms with Gasteiger partial charge in [0.25, 0.3) is 5.89 Å². The van der Waals surface area contributed by atoms with Crippen LogP contribution >= 0.6 is 0 Å². The molecule has 4 aliphatic heterocycles. The molecule has 0 radical (unpaired) electrons. The molecule has 4 aliphatic rings. The summed E-state index contributed by atoms with van der Waals surface area (Å²) >= 11 is 0. The molecule has 0 saturated carbocycles. The first-order valence-electron chi connectivity index (χ1n) is 10.0. The zero-order valence-corrected chi connectivity index (χ0v) is 15.2. The van der Waals surface area contributed by atoms with Crippen LogP contribution in [-0.4, -0.2) is 62.3 Å². The van der Waals surface area contributed by atoms with Gasteiger partial charge in [-0.25, -0.2) is 0 Å². The zero-order valence-electron chi connectivity index (χ0n) is 15.2. The summed E-state index contributed by atoms with van der Waals surface area (Å²) in [6.45, 7) is 5.50. The SMILES string of the molecule is c1c(-c2nc(C3CN4CCC3CC4)no2)nnn1CCC1CCCCN1. The van der Waals surface area contributed by atoms with E-state index in [2.05, 4.69) is 30.7 Å². The lowest BCUT2D eigenvalue weighted by atomic mass is 9.79. The van der Waals surface area contributed by atoms with Gasteiger partial charge in [-0.2, -0.15) is 4.98 Å². The van der Waals surface area contributed by atoms with E-state index in [1.165, 1.54) is 45.2 Å². The van der Waals surface area contributed by atoms with Crippen LogP contribution in [-0.2, 0) is 6.54 Å². The minimum absolute atomic E-state index is 0.405. The molecule has 8 heteroatoms. The molecule has 0 spiro atoms. The second kappa shape index (κ2) is 7.08. The Morgan fingerprint density at radius 2 is 2.12 bits per heavy atom. The summed E-state index contributed by atoms with van der Waals surface area (Å²) < 4.78 is 7.40. The Hall–Kier alpha value is -1.80. The van der Waals surface area contributed by atoms with E-state index in [1.54, 1.807) is 0 Å². The highest BCUT2D eigenvalue weighted by atomic mass is 16.5. The topological polar surface area (TPSA) is 84.9 Å². The van der Waals surface area contributed by atoms with Crippen LogP contribution in [0.5, 0.6) is 0 Å². The Bertz CT molecular complexity index is 727. The Balaban J connectivity index is 1.23. The van der Waals surface area contributed by atoms with Crippen molar-refractivity contribution in [1.82, 2.24) is 35.4 Å². The normalized spacial score (nSPS) is 31.4. The lowest BCUT2D eigenvalue weighted by Crippen LogP contribution is -2.46. The molecule has 0 aromatic carbocycles. The van der Waals surface area contributed by atoms with Crippen molar-refractivity contribution in [3.63, 3.8) is 0 Å². The maximum atomic E-state index is 5.51. The third kappa shape index (κ3) is 3.27. The highest BCUT2D eigenvalue weighted by Crippen LogP contribution is 2.38. The van der Waals surface area contributed by atoms with Crippen molar-refractivity contribution in [2.24, 2.45) is 5.92 Å². The molecule has 2 atom stereocenters. The Kier molecular flexibility index (Phi) is 4.46. The fourth-order valence-corrected chi connectivity index (χ4v) is 4.71. The van der Waals surface area contributed by atoms with E-state index in [4.69, 9.17) is 4.52 Å². The molecule has 2 bridgehead atoms. The van der Waals surface area contributed by atoms with Crippen LogP contribution < -0.4 is 5.32 Å². The first kappa shape index (κ1) is 16.4. The molecule has 6 heterocycles. The molecule has 2 aromatic heterocycles. The third-order valence-electron chi connectivity index (χ3n) is 6.31. The first-order valence-corrected chi connectivity index (χ1v) is 10.0. The highest BCUT2D eigenvalue weighted by Gasteiger charge is 2.37. The minimum atomic E-state index is 0.405. The average Bonchev–Trinajstić information content (AvgIpc) is 3.38. The molecular weight excluding hydrogens is 330 g/mol. The molecule has 4 saturated heterocycles. The number of nitrogens with zero attached hydrogens (tertiary/aromatic N) is 6. The van der Waals surface area contributed by atoms with Gasteiger partial charge in [0.05, 0.1) is 6.20 Å². The molecule has 2 unspecified atom stereocenters. The summed E-state index contributed by atoms with van der Waals surface area (Å²) in [5, 5.41) is 16.3. The number of hydrogen-bond donors (Lipinski definition) is 1. The summed E-state index contributed by atoms with van der Waals surface area (Å²) in [7, 11) is 0. The number of rotatable bonds is 5. The maximum Gasteiger partial charge on any atom is 0.280 e. The van der Waals surface area contributed by atoms with Crippen molar-refractivity contribution in [2.45, 2.75) is 57.0 Å². The van der Waals surface area contributed by atoms with Gasteiger partial charge in [-0.05, 0) is 57.7 Å². The lowest BCUT2D eigenvalue weighted by Gasteiger charge is -2.43. The van der Waals surface area contributed by atoms with E-state index in [0.29, 0.717) is 29.5 Å². The van der Waals surface area contributed by atoms with Gasteiger partial charge in [0.15, 0.2) is 11.5 Å². The average molecular weight is 357 g/mol. The maximum absolute atomic E-state index is 5.51. The van der Waals surface area contributed by atoms with Crippen molar-refractivity contribution in [2.75, 3.05) is 26.2 Å². The van der Waals surface area contributed by atoms with Gasteiger partial charge >= 0.3 is 0 Å². The van der Waals surface area contributed by atoms with Crippen LogP contribution in [0.3, 0.4) is 0 Å². The summed E-state index contributed by atoms with van der Waals surface area (Å²) in [5.41, 5.74) is 0.682. The van der Waals surface area contributed by atoms with Gasteiger partial charge in [0.2, 0.25) is 0 Å². The predicted molar refractivity (Wildman–Crippen MR) is 95.5 cm³/mol. The molecule has 2 aromatic rings. The quantitative estimate of drug-likeness (QED) is 0.871. The van der Waals surface area contributed by atoms with E-state index in [-0.39, 0.29) is 0 Å². The van der Waals surface area contributed by atoms with Crippen molar-refractivity contribution in [1.29, 1.82) is 0 Å². The molecule has 8 nitrogen and oxygen atoms in total. The van der Waals surface area contributed by atoms with Crippen molar-refractivity contribution < 1.29 is 4.52 Å². The lowest BCUT2D eigenvalue weighted by molar-refractivity contribution is 0.0825. The monoisotopic (exact) mass is 357 g/mol. The molecule has 0 aliphatic carbocycles. The molecular formula is C18H27N7O. The fourth-order valence-electron chi connectivity index (χ4n) is 4.71. The minimum Gasteiger partial charge on any atom is -0.332 e. The van der Waals surface area contributed by atoms with Crippen LogP contribution in [0.1, 0.15) is 50.3 Å². The van der Waals surface area contributed by atoms with Crippen molar-refractivity contribution >= 4 is 0 Å². The summed E-state index contributed by atoms with van der Waals surface area (Å²) in [4.78, 5) is 7.16. The predicted octanol–water partition coefficient (Wildman–Crippen LogP) is 1.67.